The number of methoxy groups -OCH3 is 1. The van der Waals surface area contributed by atoms with E-state index >= 15 is 0 Å². The number of carbonyl (C=O) groups excluding carboxylic acids is 2. The molecule has 6 heteroatoms. The summed E-state index contributed by atoms with van der Waals surface area (Å²) in [6.07, 6.45) is 0.543. The van der Waals surface area contributed by atoms with Gasteiger partial charge >= 0.3 is 0 Å². The van der Waals surface area contributed by atoms with E-state index in [0.717, 1.165) is 16.9 Å². The zero-order valence-corrected chi connectivity index (χ0v) is 18.1. The van der Waals surface area contributed by atoms with Crippen molar-refractivity contribution in [3.8, 4) is 11.5 Å². The second kappa shape index (κ2) is 9.56. The molecule has 0 fully saturated rings. The molecule has 0 saturated heterocycles. The Morgan fingerprint density at radius 2 is 1.78 bits per heavy atom. The fourth-order valence-electron chi connectivity index (χ4n) is 3.83. The summed E-state index contributed by atoms with van der Waals surface area (Å²) in [5, 5.41) is 5.98. The number of anilines is 1. The quantitative estimate of drug-likeness (QED) is 0.609. The maximum absolute atomic E-state index is 12.8. The Balaban J connectivity index is 1.43. The molecule has 2 unspecified atom stereocenters. The number of para-hydroxylation sites is 1. The van der Waals surface area contributed by atoms with Gasteiger partial charge in [-0.05, 0) is 54.8 Å². The molecule has 4 rings (SSSR count). The Labute approximate surface area is 187 Å². The van der Waals surface area contributed by atoms with Crippen LogP contribution in [-0.2, 0) is 11.2 Å². The van der Waals surface area contributed by atoms with Gasteiger partial charge in [0.15, 0.2) is 0 Å². The number of benzene rings is 3. The Morgan fingerprint density at radius 3 is 2.56 bits per heavy atom. The van der Waals surface area contributed by atoms with E-state index in [0.29, 0.717) is 30.0 Å². The number of hydrogen-bond acceptors (Lipinski definition) is 4. The number of rotatable bonds is 6. The molecule has 0 bridgehead atoms. The van der Waals surface area contributed by atoms with E-state index in [1.807, 2.05) is 55.5 Å². The van der Waals surface area contributed by atoms with Crippen LogP contribution in [0.2, 0.25) is 0 Å². The predicted molar refractivity (Wildman–Crippen MR) is 123 cm³/mol. The SMILES string of the molecule is COc1ccccc1C(=O)Nc1ccc2c(c1)CC(C(=O)NC(C)c1ccccc1)CO2. The first-order valence-corrected chi connectivity index (χ1v) is 10.6. The number of fused-ring (bicyclic) bond motifs is 1. The van der Waals surface area contributed by atoms with Crippen molar-refractivity contribution in [2.45, 2.75) is 19.4 Å². The van der Waals surface area contributed by atoms with Crippen LogP contribution in [0.15, 0.2) is 72.8 Å². The highest BCUT2D eigenvalue weighted by atomic mass is 16.5. The molecule has 0 spiro atoms. The topological polar surface area (TPSA) is 76.7 Å². The van der Waals surface area contributed by atoms with E-state index in [1.54, 1.807) is 24.3 Å². The molecule has 2 N–H and O–H groups in total. The minimum atomic E-state index is -0.297. The third-order valence-corrected chi connectivity index (χ3v) is 5.61. The highest BCUT2D eigenvalue weighted by Gasteiger charge is 2.27. The largest absolute Gasteiger partial charge is 0.496 e. The molecule has 3 aromatic rings. The lowest BCUT2D eigenvalue weighted by Gasteiger charge is -2.26. The second-order valence-electron chi connectivity index (χ2n) is 7.83. The van der Waals surface area contributed by atoms with Crippen molar-refractivity contribution in [1.29, 1.82) is 0 Å². The molecule has 3 aromatic carbocycles. The van der Waals surface area contributed by atoms with Crippen LogP contribution in [0.3, 0.4) is 0 Å². The summed E-state index contributed by atoms with van der Waals surface area (Å²) < 4.78 is 11.1. The zero-order chi connectivity index (χ0) is 22.5. The van der Waals surface area contributed by atoms with Crippen LogP contribution in [0.4, 0.5) is 5.69 Å². The number of amides is 2. The summed E-state index contributed by atoms with van der Waals surface area (Å²) in [6, 6.07) is 22.3. The smallest absolute Gasteiger partial charge is 0.259 e. The second-order valence-corrected chi connectivity index (χ2v) is 7.83. The number of hydrogen-bond donors (Lipinski definition) is 2. The lowest BCUT2D eigenvalue weighted by Crippen LogP contribution is -2.38. The molecule has 0 aromatic heterocycles. The highest BCUT2D eigenvalue weighted by molar-refractivity contribution is 6.06. The first kappa shape index (κ1) is 21.4. The molecule has 32 heavy (non-hydrogen) atoms. The van der Waals surface area contributed by atoms with Crippen molar-refractivity contribution in [3.05, 3.63) is 89.5 Å². The average Bonchev–Trinajstić information content (AvgIpc) is 2.84. The summed E-state index contributed by atoms with van der Waals surface area (Å²) in [5.41, 5.74) is 3.04. The van der Waals surface area contributed by atoms with Crippen molar-refractivity contribution in [2.75, 3.05) is 19.0 Å². The van der Waals surface area contributed by atoms with Crippen molar-refractivity contribution >= 4 is 17.5 Å². The maximum atomic E-state index is 12.8. The van der Waals surface area contributed by atoms with Crippen molar-refractivity contribution < 1.29 is 19.1 Å². The van der Waals surface area contributed by atoms with Crippen LogP contribution in [0.25, 0.3) is 0 Å². The standard InChI is InChI=1S/C26H26N2O4/c1-17(18-8-4-3-5-9-18)27-25(29)20-14-19-15-21(12-13-23(19)32-16-20)28-26(30)22-10-6-7-11-24(22)31-2/h3-13,15,17,20H,14,16H2,1-2H3,(H,27,29)(H,28,30). The monoisotopic (exact) mass is 430 g/mol. The summed E-state index contributed by atoms with van der Waals surface area (Å²) in [4.78, 5) is 25.5. The van der Waals surface area contributed by atoms with E-state index in [1.165, 1.54) is 7.11 Å². The van der Waals surface area contributed by atoms with Gasteiger partial charge in [-0.25, -0.2) is 0 Å². The van der Waals surface area contributed by atoms with Crippen molar-refractivity contribution in [3.63, 3.8) is 0 Å². The number of nitrogens with one attached hydrogen (secondary N) is 2. The third kappa shape index (κ3) is 4.75. The molecular formula is C26H26N2O4. The minimum absolute atomic E-state index is 0.0459. The van der Waals surface area contributed by atoms with Crippen LogP contribution in [-0.4, -0.2) is 25.5 Å². The Morgan fingerprint density at radius 1 is 1.03 bits per heavy atom. The lowest BCUT2D eigenvalue weighted by atomic mass is 9.95. The fourth-order valence-corrected chi connectivity index (χ4v) is 3.83. The normalized spacial score (nSPS) is 15.6. The molecule has 164 valence electrons. The third-order valence-electron chi connectivity index (χ3n) is 5.61. The minimum Gasteiger partial charge on any atom is -0.496 e. The summed E-state index contributed by atoms with van der Waals surface area (Å²) in [6.45, 7) is 2.30. The zero-order valence-electron chi connectivity index (χ0n) is 18.1. The lowest BCUT2D eigenvalue weighted by molar-refractivity contribution is -0.126. The Bertz CT molecular complexity index is 1110. The van der Waals surface area contributed by atoms with Crippen molar-refractivity contribution in [2.24, 2.45) is 5.92 Å². The molecule has 6 nitrogen and oxygen atoms in total. The van der Waals surface area contributed by atoms with E-state index in [2.05, 4.69) is 10.6 Å². The van der Waals surface area contributed by atoms with E-state index in [-0.39, 0.29) is 23.8 Å². The Hall–Kier alpha value is -3.80. The molecule has 0 aliphatic carbocycles. The summed E-state index contributed by atoms with van der Waals surface area (Å²) in [5.74, 6) is 0.644. The molecular weight excluding hydrogens is 404 g/mol. The highest BCUT2D eigenvalue weighted by Crippen LogP contribution is 2.31. The van der Waals surface area contributed by atoms with Crippen molar-refractivity contribution in [1.82, 2.24) is 5.32 Å². The summed E-state index contributed by atoms with van der Waals surface area (Å²) in [7, 11) is 1.53. The molecule has 2 atom stereocenters. The fraction of sp³-hybridized carbons (Fsp3) is 0.231. The van der Waals surface area contributed by atoms with Gasteiger partial charge in [-0.1, -0.05) is 42.5 Å². The van der Waals surface area contributed by atoms with Crippen LogP contribution in [0, 0.1) is 5.92 Å². The van der Waals surface area contributed by atoms with E-state index in [4.69, 9.17) is 9.47 Å². The van der Waals surface area contributed by atoms with Gasteiger partial charge in [-0.15, -0.1) is 0 Å². The van der Waals surface area contributed by atoms with Crippen LogP contribution < -0.4 is 20.1 Å². The van der Waals surface area contributed by atoms with Gasteiger partial charge in [-0.3, -0.25) is 9.59 Å². The number of ether oxygens (including phenoxy) is 2. The van der Waals surface area contributed by atoms with Gasteiger partial charge in [0.05, 0.1) is 24.6 Å². The molecule has 0 radical (unpaired) electrons. The van der Waals surface area contributed by atoms with Gasteiger partial charge < -0.3 is 20.1 Å². The summed E-state index contributed by atoms with van der Waals surface area (Å²) >= 11 is 0. The van der Waals surface area contributed by atoms with Gasteiger partial charge in [0.1, 0.15) is 18.1 Å². The molecule has 2 amide bonds. The van der Waals surface area contributed by atoms with Gasteiger partial charge in [0.25, 0.3) is 5.91 Å². The predicted octanol–water partition coefficient (Wildman–Crippen LogP) is 4.38. The average molecular weight is 431 g/mol. The van der Waals surface area contributed by atoms with E-state index < -0.39 is 0 Å². The van der Waals surface area contributed by atoms with Gasteiger partial charge in [0, 0.05) is 5.69 Å². The van der Waals surface area contributed by atoms with E-state index in [9.17, 15) is 9.59 Å². The molecule has 1 heterocycles. The Kier molecular flexibility index (Phi) is 6.40. The molecule has 0 saturated carbocycles. The van der Waals surface area contributed by atoms with Crippen LogP contribution >= 0.6 is 0 Å². The molecule has 1 aliphatic rings. The first-order valence-electron chi connectivity index (χ1n) is 10.6. The maximum Gasteiger partial charge on any atom is 0.259 e. The molecule has 1 aliphatic heterocycles. The number of carbonyl (C=O) groups is 2. The van der Waals surface area contributed by atoms with Gasteiger partial charge in [0.2, 0.25) is 5.91 Å². The van der Waals surface area contributed by atoms with Crippen LogP contribution in [0.1, 0.15) is 34.5 Å². The first-order chi connectivity index (χ1) is 15.5. The van der Waals surface area contributed by atoms with Crippen LogP contribution in [0.5, 0.6) is 11.5 Å². The van der Waals surface area contributed by atoms with Gasteiger partial charge in [-0.2, -0.15) is 0 Å².